The Morgan fingerprint density at radius 1 is 1.12 bits per heavy atom. The smallest absolute Gasteiger partial charge is 0.268 e. The lowest BCUT2D eigenvalue weighted by Gasteiger charge is -2.33. The predicted molar refractivity (Wildman–Crippen MR) is 125 cm³/mol. The standard InChI is InChI=1S/C25H20ClFN2O2S/c1-16-5-7-17(8-6-16)15-28-22-10-9-19(26)14-21(22)25(24(28)31)29(11-12-32-25)23(30)18-3-2-4-20(27)13-18/h2-10,13-14H,11-12,15H2,1H3/t25-/m0/s1. The monoisotopic (exact) mass is 466 g/mol. The van der Waals surface area contributed by atoms with Gasteiger partial charge in [-0.2, -0.15) is 0 Å². The minimum absolute atomic E-state index is 0.178. The van der Waals surface area contributed by atoms with Gasteiger partial charge in [-0.3, -0.25) is 9.59 Å². The second kappa shape index (κ2) is 7.94. The SMILES string of the molecule is Cc1ccc(CN2C(=O)[C@@]3(SCCN3C(=O)c3cccc(F)c3)c3cc(Cl)ccc32)cc1. The van der Waals surface area contributed by atoms with E-state index in [0.717, 1.165) is 16.8 Å². The van der Waals surface area contributed by atoms with E-state index in [4.69, 9.17) is 11.6 Å². The molecule has 162 valence electrons. The lowest BCUT2D eigenvalue weighted by atomic mass is 10.0. The van der Waals surface area contributed by atoms with Gasteiger partial charge in [0.2, 0.25) is 0 Å². The van der Waals surface area contributed by atoms with Gasteiger partial charge in [0.1, 0.15) is 5.82 Å². The van der Waals surface area contributed by atoms with Crippen molar-refractivity contribution in [2.45, 2.75) is 18.3 Å². The summed E-state index contributed by atoms with van der Waals surface area (Å²) in [7, 11) is 0. The Labute approximate surface area is 195 Å². The van der Waals surface area contributed by atoms with Crippen LogP contribution in [0.15, 0.2) is 66.7 Å². The largest absolute Gasteiger partial charge is 0.311 e. The molecule has 3 aromatic carbocycles. The van der Waals surface area contributed by atoms with Gasteiger partial charge < -0.3 is 9.80 Å². The summed E-state index contributed by atoms with van der Waals surface area (Å²) in [4.78, 5) is 29.5. The third kappa shape index (κ3) is 3.29. The zero-order valence-electron chi connectivity index (χ0n) is 17.3. The Bertz CT molecular complexity index is 1230. The van der Waals surface area contributed by atoms with Crippen molar-refractivity contribution in [3.8, 4) is 0 Å². The highest BCUT2D eigenvalue weighted by molar-refractivity contribution is 8.01. The molecule has 0 aromatic heterocycles. The molecule has 5 rings (SSSR count). The van der Waals surface area contributed by atoms with Crippen molar-refractivity contribution >= 4 is 40.9 Å². The first-order valence-corrected chi connectivity index (χ1v) is 11.7. The molecule has 0 unspecified atom stereocenters. The number of halogens is 2. The van der Waals surface area contributed by atoms with Gasteiger partial charge in [0.25, 0.3) is 11.8 Å². The zero-order chi connectivity index (χ0) is 22.5. The molecule has 0 bridgehead atoms. The Morgan fingerprint density at radius 2 is 1.91 bits per heavy atom. The van der Waals surface area contributed by atoms with Gasteiger partial charge >= 0.3 is 0 Å². The van der Waals surface area contributed by atoms with E-state index in [9.17, 15) is 14.0 Å². The fourth-order valence-electron chi connectivity index (χ4n) is 4.40. The summed E-state index contributed by atoms with van der Waals surface area (Å²) >= 11 is 7.76. The number of hydrogen-bond acceptors (Lipinski definition) is 3. The van der Waals surface area contributed by atoms with Gasteiger partial charge in [-0.1, -0.05) is 47.5 Å². The van der Waals surface area contributed by atoms with Gasteiger partial charge in [0, 0.05) is 28.4 Å². The Kier molecular flexibility index (Phi) is 5.22. The fraction of sp³-hybridized carbons (Fsp3) is 0.200. The molecule has 0 aliphatic carbocycles. The highest BCUT2D eigenvalue weighted by Gasteiger charge is 2.59. The van der Waals surface area contributed by atoms with E-state index < -0.39 is 10.7 Å². The average molecular weight is 467 g/mol. The van der Waals surface area contributed by atoms with Crippen LogP contribution in [0, 0.1) is 12.7 Å². The molecule has 2 aliphatic rings. The molecule has 2 aliphatic heterocycles. The average Bonchev–Trinajstić information content (AvgIpc) is 3.32. The Morgan fingerprint density at radius 3 is 2.66 bits per heavy atom. The zero-order valence-corrected chi connectivity index (χ0v) is 18.9. The predicted octanol–water partition coefficient (Wildman–Crippen LogP) is 5.38. The molecular formula is C25H20ClFN2O2S. The van der Waals surface area contributed by atoms with E-state index in [0.29, 0.717) is 29.4 Å². The van der Waals surface area contributed by atoms with Gasteiger partial charge in [-0.15, -0.1) is 11.8 Å². The summed E-state index contributed by atoms with van der Waals surface area (Å²) in [5.41, 5.74) is 3.80. The van der Waals surface area contributed by atoms with Gasteiger partial charge in [0.05, 0.1) is 12.2 Å². The fourth-order valence-corrected chi connectivity index (χ4v) is 6.02. The minimum Gasteiger partial charge on any atom is -0.311 e. The lowest BCUT2D eigenvalue weighted by molar-refractivity contribution is -0.123. The first kappa shape index (κ1) is 21.0. The molecule has 32 heavy (non-hydrogen) atoms. The number of anilines is 1. The third-order valence-electron chi connectivity index (χ3n) is 5.93. The number of fused-ring (bicyclic) bond motifs is 2. The van der Waals surface area contributed by atoms with Crippen LogP contribution in [0.3, 0.4) is 0 Å². The molecule has 1 atom stereocenters. The van der Waals surface area contributed by atoms with Gasteiger partial charge in [0.15, 0.2) is 4.87 Å². The summed E-state index contributed by atoms with van der Waals surface area (Å²) in [6.45, 7) is 2.79. The Hall–Kier alpha value is -2.83. The molecule has 0 radical (unpaired) electrons. The number of amides is 2. The van der Waals surface area contributed by atoms with Crippen LogP contribution in [0.5, 0.6) is 0 Å². The number of aryl methyl sites for hydroxylation is 1. The van der Waals surface area contributed by atoms with Crippen molar-refractivity contribution in [1.82, 2.24) is 4.90 Å². The Balaban J connectivity index is 1.59. The first-order chi connectivity index (χ1) is 15.4. The summed E-state index contributed by atoms with van der Waals surface area (Å²) in [5.74, 6) is -0.440. The molecule has 2 heterocycles. The normalized spacial score (nSPS) is 19.7. The molecule has 3 aromatic rings. The van der Waals surface area contributed by atoms with Gasteiger partial charge in [-0.05, 0) is 48.9 Å². The van der Waals surface area contributed by atoms with E-state index >= 15 is 0 Å². The van der Waals surface area contributed by atoms with Crippen molar-refractivity contribution in [3.05, 3.63) is 99.8 Å². The van der Waals surface area contributed by atoms with Crippen molar-refractivity contribution in [2.24, 2.45) is 0 Å². The molecule has 4 nitrogen and oxygen atoms in total. The van der Waals surface area contributed by atoms with Crippen LogP contribution in [0.1, 0.15) is 27.0 Å². The second-order valence-corrected chi connectivity index (χ2v) is 9.72. The second-order valence-electron chi connectivity index (χ2n) is 8.00. The van der Waals surface area contributed by atoms with Crippen molar-refractivity contribution in [1.29, 1.82) is 0 Å². The number of carbonyl (C=O) groups is 2. The van der Waals surface area contributed by atoms with Crippen molar-refractivity contribution in [2.75, 3.05) is 17.2 Å². The summed E-state index contributed by atoms with van der Waals surface area (Å²) in [6, 6.07) is 19.0. The van der Waals surface area contributed by atoms with Crippen LogP contribution in [0.25, 0.3) is 0 Å². The lowest BCUT2D eigenvalue weighted by Crippen LogP contribution is -2.50. The molecule has 7 heteroatoms. The third-order valence-corrected chi connectivity index (χ3v) is 7.59. The summed E-state index contributed by atoms with van der Waals surface area (Å²) in [6.07, 6.45) is 0. The van der Waals surface area contributed by atoms with Crippen LogP contribution >= 0.6 is 23.4 Å². The molecular weight excluding hydrogens is 447 g/mol. The molecule has 2 amide bonds. The van der Waals surface area contributed by atoms with Gasteiger partial charge in [-0.25, -0.2) is 4.39 Å². The molecule has 1 saturated heterocycles. The summed E-state index contributed by atoms with van der Waals surface area (Å²) < 4.78 is 13.8. The van der Waals surface area contributed by atoms with Crippen LogP contribution in [-0.4, -0.2) is 29.0 Å². The van der Waals surface area contributed by atoms with Crippen LogP contribution in [0.4, 0.5) is 10.1 Å². The minimum atomic E-state index is -1.21. The highest BCUT2D eigenvalue weighted by Crippen LogP contribution is 2.55. The molecule has 1 spiro atoms. The number of rotatable bonds is 3. The molecule has 0 saturated carbocycles. The summed E-state index contributed by atoms with van der Waals surface area (Å²) in [5, 5.41) is 0.499. The quantitative estimate of drug-likeness (QED) is 0.520. The van der Waals surface area contributed by atoms with Crippen LogP contribution in [0.2, 0.25) is 5.02 Å². The van der Waals surface area contributed by atoms with E-state index in [1.165, 1.54) is 30.0 Å². The molecule has 1 fully saturated rings. The number of thioether (sulfide) groups is 1. The maximum Gasteiger partial charge on any atom is 0.268 e. The van der Waals surface area contributed by atoms with Crippen molar-refractivity contribution in [3.63, 3.8) is 0 Å². The van der Waals surface area contributed by atoms with Crippen LogP contribution < -0.4 is 4.90 Å². The number of nitrogens with zero attached hydrogens (tertiary/aromatic N) is 2. The number of benzene rings is 3. The number of hydrogen-bond donors (Lipinski definition) is 0. The highest BCUT2D eigenvalue weighted by atomic mass is 35.5. The maximum absolute atomic E-state index is 14.0. The van der Waals surface area contributed by atoms with Crippen molar-refractivity contribution < 1.29 is 14.0 Å². The first-order valence-electron chi connectivity index (χ1n) is 10.3. The van der Waals surface area contributed by atoms with E-state index in [1.807, 2.05) is 37.3 Å². The van der Waals surface area contributed by atoms with E-state index in [2.05, 4.69) is 0 Å². The maximum atomic E-state index is 14.0. The van der Waals surface area contributed by atoms with E-state index in [-0.39, 0.29) is 17.4 Å². The molecule has 0 N–H and O–H groups in total. The van der Waals surface area contributed by atoms with E-state index in [1.54, 1.807) is 28.0 Å². The van der Waals surface area contributed by atoms with Crippen LogP contribution in [-0.2, 0) is 16.2 Å². The number of carbonyl (C=O) groups excluding carboxylic acids is 2. The topological polar surface area (TPSA) is 40.6 Å².